The van der Waals surface area contributed by atoms with Gasteiger partial charge in [-0.05, 0) is 29.0 Å². The first kappa shape index (κ1) is 19.7. The number of fused-ring (bicyclic) bond motifs is 1. The molecule has 1 amide bonds. The van der Waals surface area contributed by atoms with Gasteiger partial charge in [0.25, 0.3) is 0 Å². The molecule has 0 aliphatic heterocycles. The molecule has 0 spiro atoms. The molecule has 7 heteroatoms. The largest absolute Gasteiger partial charge is 0.486 e. The van der Waals surface area contributed by atoms with Crippen LogP contribution in [0.15, 0.2) is 66.0 Å². The number of aromatic nitrogens is 1. The van der Waals surface area contributed by atoms with Crippen molar-refractivity contribution in [2.24, 2.45) is 0 Å². The van der Waals surface area contributed by atoms with Crippen molar-refractivity contribution in [2.75, 3.05) is 4.90 Å². The monoisotopic (exact) mass is 420 g/mol. The molecule has 4 rings (SSSR count). The molecule has 0 saturated heterocycles. The number of nitrogens with zero attached hydrogens (tertiary/aromatic N) is 2. The summed E-state index contributed by atoms with van der Waals surface area (Å²) in [6, 6.07) is 17.3. The van der Waals surface area contributed by atoms with Crippen molar-refractivity contribution in [3.8, 4) is 5.75 Å². The minimum Gasteiger partial charge on any atom is -0.486 e. The summed E-state index contributed by atoms with van der Waals surface area (Å²) >= 11 is 1.21. The fraction of sp³-hybridized carbons (Fsp3) is 0.0870. The highest BCUT2D eigenvalue weighted by atomic mass is 32.1. The molecule has 0 N–H and O–H groups in total. The zero-order valence-corrected chi connectivity index (χ0v) is 16.9. The topological polar surface area (TPSA) is 59.5 Å². The molecule has 1 heterocycles. The van der Waals surface area contributed by atoms with E-state index >= 15 is 0 Å². The van der Waals surface area contributed by atoms with Crippen LogP contribution >= 0.6 is 11.3 Å². The van der Waals surface area contributed by atoms with Gasteiger partial charge in [-0.1, -0.05) is 42.5 Å². The normalized spacial score (nSPS) is 10.7. The third-order valence-corrected chi connectivity index (χ3v) is 5.44. The second-order valence-electron chi connectivity index (χ2n) is 6.53. The number of halogens is 1. The van der Waals surface area contributed by atoms with Crippen molar-refractivity contribution < 1.29 is 18.7 Å². The maximum Gasteiger partial charge on any atom is 0.230 e. The Kier molecular flexibility index (Phi) is 5.54. The lowest BCUT2D eigenvalue weighted by Gasteiger charge is -2.18. The van der Waals surface area contributed by atoms with Crippen molar-refractivity contribution in [3.63, 3.8) is 0 Å². The zero-order chi connectivity index (χ0) is 21.1. The van der Waals surface area contributed by atoms with Gasteiger partial charge in [0, 0.05) is 12.3 Å². The highest BCUT2D eigenvalue weighted by Crippen LogP contribution is 2.32. The van der Waals surface area contributed by atoms with Crippen LogP contribution in [0.2, 0.25) is 0 Å². The lowest BCUT2D eigenvalue weighted by molar-refractivity contribution is -0.115. The molecular formula is C23H17FN2O3S. The van der Waals surface area contributed by atoms with E-state index in [1.165, 1.54) is 35.3 Å². The van der Waals surface area contributed by atoms with Gasteiger partial charge in [0.2, 0.25) is 5.91 Å². The maximum absolute atomic E-state index is 14.2. The highest BCUT2D eigenvalue weighted by molar-refractivity contribution is 7.14. The van der Waals surface area contributed by atoms with Crippen molar-refractivity contribution in [1.29, 1.82) is 0 Å². The fourth-order valence-electron chi connectivity index (χ4n) is 3.18. The molecular weight excluding hydrogens is 403 g/mol. The first-order valence-electron chi connectivity index (χ1n) is 9.18. The molecule has 0 atom stereocenters. The molecule has 5 nitrogen and oxygen atoms in total. The minimum absolute atomic E-state index is 0.110. The Morgan fingerprint density at radius 2 is 1.90 bits per heavy atom. The Bertz CT molecular complexity index is 1240. The highest BCUT2D eigenvalue weighted by Gasteiger charge is 2.21. The Morgan fingerprint density at radius 1 is 1.13 bits per heavy atom. The van der Waals surface area contributed by atoms with Gasteiger partial charge in [-0.3, -0.25) is 14.5 Å². The van der Waals surface area contributed by atoms with Gasteiger partial charge in [-0.2, -0.15) is 0 Å². The third-order valence-electron chi connectivity index (χ3n) is 4.56. The van der Waals surface area contributed by atoms with Crippen LogP contribution in [0.3, 0.4) is 0 Å². The summed E-state index contributed by atoms with van der Waals surface area (Å²) < 4.78 is 20.0. The molecule has 0 aliphatic carbocycles. The van der Waals surface area contributed by atoms with E-state index in [0.29, 0.717) is 22.1 Å². The number of ether oxygens (including phenoxy) is 1. The number of benzene rings is 3. The smallest absolute Gasteiger partial charge is 0.230 e. The predicted octanol–water partition coefficient (Wildman–Crippen LogP) is 5.51. The maximum atomic E-state index is 14.2. The van der Waals surface area contributed by atoms with Crippen molar-refractivity contribution in [1.82, 2.24) is 4.98 Å². The number of carbonyl (C=O) groups excluding carboxylic acids is 2. The summed E-state index contributed by atoms with van der Waals surface area (Å²) in [5.41, 5.74) is 1.19. The second kappa shape index (κ2) is 8.42. The molecule has 0 fully saturated rings. The molecule has 30 heavy (non-hydrogen) atoms. The molecule has 0 unspecified atom stereocenters. The van der Waals surface area contributed by atoms with Crippen LogP contribution in [0.5, 0.6) is 5.75 Å². The standard InChI is InChI=1S/C23H17FN2O3S/c1-15(28)26(21-9-5-4-8-20(21)24)23-25-17(14-30-23)13-29-22-11-10-16-6-2-3-7-18(16)19(22)12-27/h2-12,14H,13H2,1H3. The molecule has 1 aromatic heterocycles. The molecule has 0 aliphatic rings. The van der Waals surface area contributed by atoms with Crippen LogP contribution in [-0.4, -0.2) is 17.2 Å². The van der Waals surface area contributed by atoms with Crippen LogP contribution in [0.4, 0.5) is 15.2 Å². The van der Waals surface area contributed by atoms with E-state index in [-0.39, 0.29) is 18.2 Å². The minimum atomic E-state index is -0.507. The Balaban J connectivity index is 1.58. The number of para-hydroxylation sites is 1. The van der Waals surface area contributed by atoms with Gasteiger partial charge >= 0.3 is 0 Å². The number of hydrogen-bond donors (Lipinski definition) is 0. The Hall–Kier alpha value is -3.58. The van der Waals surface area contributed by atoms with Gasteiger partial charge in [-0.15, -0.1) is 11.3 Å². The zero-order valence-electron chi connectivity index (χ0n) is 16.0. The van der Waals surface area contributed by atoms with Gasteiger partial charge < -0.3 is 4.74 Å². The van der Waals surface area contributed by atoms with E-state index in [1.807, 2.05) is 30.3 Å². The van der Waals surface area contributed by atoms with Crippen LogP contribution in [0.25, 0.3) is 10.8 Å². The van der Waals surface area contributed by atoms with Crippen LogP contribution < -0.4 is 9.64 Å². The van der Waals surface area contributed by atoms with E-state index in [0.717, 1.165) is 17.1 Å². The lowest BCUT2D eigenvalue weighted by Crippen LogP contribution is -2.23. The van der Waals surface area contributed by atoms with E-state index < -0.39 is 5.82 Å². The molecule has 0 saturated carbocycles. The average molecular weight is 420 g/mol. The van der Waals surface area contributed by atoms with E-state index in [4.69, 9.17) is 4.74 Å². The fourth-order valence-corrected chi connectivity index (χ4v) is 4.04. The number of carbonyl (C=O) groups is 2. The van der Waals surface area contributed by atoms with Gasteiger partial charge in [0.1, 0.15) is 18.2 Å². The van der Waals surface area contributed by atoms with E-state index in [2.05, 4.69) is 4.98 Å². The quantitative estimate of drug-likeness (QED) is 0.386. The van der Waals surface area contributed by atoms with E-state index in [9.17, 15) is 14.0 Å². The number of rotatable bonds is 6. The number of aldehydes is 1. The lowest BCUT2D eigenvalue weighted by atomic mass is 10.0. The average Bonchev–Trinajstić information content (AvgIpc) is 3.21. The molecule has 0 radical (unpaired) electrons. The molecule has 4 aromatic rings. The van der Waals surface area contributed by atoms with E-state index in [1.54, 1.807) is 23.6 Å². The van der Waals surface area contributed by atoms with Gasteiger partial charge in [0.15, 0.2) is 11.4 Å². The SMILES string of the molecule is CC(=O)N(c1nc(COc2ccc3ccccc3c2C=O)cs1)c1ccccc1F. The number of hydrogen-bond acceptors (Lipinski definition) is 5. The molecule has 150 valence electrons. The Morgan fingerprint density at radius 3 is 2.67 bits per heavy atom. The van der Waals surface area contributed by atoms with Crippen molar-refractivity contribution >= 4 is 45.1 Å². The van der Waals surface area contributed by atoms with Crippen LogP contribution in [-0.2, 0) is 11.4 Å². The van der Waals surface area contributed by atoms with Crippen LogP contribution in [0, 0.1) is 5.82 Å². The first-order chi connectivity index (χ1) is 14.6. The number of thiazole rings is 1. The number of amides is 1. The summed E-state index contributed by atoms with van der Waals surface area (Å²) in [5, 5.41) is 3.85. The summed E-state index contributed by atoms with van der Waals surface area (Å²) in [5.74, 6) is -0.400. The second-order valence-corrected chi connectivity index (χ2v) is 7.37. The summed E-state index contributed by atoms with van der Waals surface area (Å²) in [6.07, 6.45) is 0.778. The summed E-state index contributed by atoms with van der Waals surface area (Å²) in [4.78, 5) is 29.4. The Labute approximate surface area is 176 Å². The van der Waals surface area contributed by atoms with Crippen LogP contribution in [0.1, 0.15) is 23.0 Å². The molecule has 3 aromatic carbocycles. The van der Waals surface area contributed by atoms with Gasteiger partial charge in [0.05, 0.1) is 16.9 Å². The van der Waals surface area contributed by atoms with Crippen molar-refractivity contribution in [2.45, 2.75) is 13.5 Å². The first-order valence-corrected chi connectivity index (χ1v) is 10.1. The van der Waals surface area contributed by atoms with Gasteiger partial charge in [-0.25, -0.2) is 9.37 Å². The summed E-state index contributed by atoms with van der Waals surface area (Å²) in [7, 11) is 0. The number of anilines is 2. The third kappa shape index (κ3) is 3.79. The predicted molar refractivity (Wildman–Crippen MR) is 115 cm³/mol. The van der Waals surface area contributed by atoms with Crippen molar-refractivity contribution in [3.05, 3.63) is 83.1 Å². The molecule has 0 bridgehead atoms. The summed E-state index contributed by atoms with van der Waals surface area (Å²) in [6.45, 7) is 1.47.